The van der Waals surface area contributed by atoms with Gasteiger partial charge in [-0.3, -0.25) is 9.80 Å². The van der Waals surface area contributed by atoms with Gasteiger partial charge in [-0.15, -0.1) is 0 Å². The van der Waals surface area contributed by atoms with Crippen LogP contribution in [0.2, 0.25) is 10.0 Å². The Kier molecular flexibility index (Phi) is 6.92. The molecule has 164 valence electrons. The maximum atomic E-state index is 13.2. The Bertz CT molecular complexity index is 999. The molecule has 4 rings (SSSR count). The van der Waals surface area contributed by atoms with Crippen LogP contribution in [0.4, 0.5) is 5.69 Å². The largest absolute Gasteiger partial charge is 0.391 e. The smallest absolute Gasteiger partial charge is 0.268 e. The van der Waals surface area contributed by atoms with E-state index >= 15 is 0 Å². The van der Waals surface area contributed by atoms with Crippen molar-refractivity contribution < 1.29 is 9.90 Å². The summed E-state index contributed by atoms with van der Waals surface area (Å²) in [4.78, 5) is 13.2. The van der Waals surface area contributed by atoms with Gasteiger partial charge in [0.25, 0.3) is 5.91 Å². The lowest BCUT2D eigenvalue weighted by atomic mass is 9.89. The van der Waals surface area contributed by atoms with Crippen molar-refractivity contribution in [1.29, 1.82) is 0 Å². The van der Waals surface area contributed by atoms with Crippen molar-refractivity contribution >= 4 is 56.4 Å². The van der Waals surface area contributed by atoms with Crippen molar-refractivity contribution in [3.63, 3.8) is 0 Å². The number of carbonyl (C=O) groups excluding carboxylic acids is 1. The zero-order valence-corrected chi connectivity index (χ0v) is 20.2. The summed E-state index contributed by atoms with van der Waals surface area (Å²) in [7, 11) is 0. The molecule has 2 aliphatic rings. The Morgan fingerprint density at radius 3 is 2.55 bits per heavy atom. The van der Waals surface area contributed by atoms with Crippen molar-refractivity contribution in [3.05, 3.63) is 62.5 Å². The van der Waals surface area contributed by atoms with E-state index in [9.17, 15) is 9.90 Å². The van der Waals surface area contributed by atoms with E-state index in [0.717, 1.165) is 29.3 Å². The molecule has 1 fully saturated rings. The number of amides is 1. The van der Waals surface area contributed by atoms with Crippen LogP contribution in [0.3, 0.4) is 0 Å². The number of hydrogen-bond donors (Lipinski definition) is 2. The van der Waals surface area contributed by atoms with Crippen LogP contribution in [0.25, 0.3) is 0 Å². The van der Waals surface area contributed by atoms with E-state index in [0.29, 0.717) is 27.9 Å². The number of hydrogen-bond acceptors (Lipinski definition) is 4. The number of carbonyl (C=O) groups is 1. The van der Waals surface area contributed by atoms with Gasteiger partial charge in [0.15, 0.2) is 0 Å². The summed E-state index contributed by atoms with van der Waals surface area (Å²) >= 11 is 16.1. The van der Waals surface area contributed by atoms with E-state index in [2.05, 4.69) is 21.2 Å². The average Bonchev–Trinajstić information content (AvgIpc) is 3.07. The van der Waals surface area contributed by atoms with Gasteiger partial charge in [-0.05, 0) is 48.7 Å². The molecule has 0 spiro atoms. The summed E-state index contributed by atoms with van der Waals surface area (Å²) in [6, 6.07) is 12.8. The Hall–Kier alpha value is -1.60. The Labute approximate surface area is 200 Å². The highest BCUT2D eigenvalue weighted by Gasteiger charge is 2.41. The molecule has 0 bridgehead atoms. The van der Waals surface area contributed by atoms with Crippen LogP contribution in [0.15, 0.2) is 52.0 Å². The van der Waals surface area contributed by atoms with Crippen molar-refractivity contribution in [2.75, 3.05) is 5.01 Å². The van der Waals surface area contributed by atoms with E-state index in [1.165, 1.54) is 0 Å². The molecular formula is C23H24BrCl2N3O2. The van der Waals surface area contributed by atoms with Gasteiger partial charge in [-0.1, -0.05) is 71.0 Å². The topological polar surface area (TPSA) is 64.9 Å². The molecular weight excluding hydrogens is 501 g/mol. The number of aliphatic hydroxyl groups excluding tert-OH is 1. The van der Waals surface area contributed by atoms with Gasteiger partial charge in [0.2, 0.25) is 0 Å². The maximum Gasteiger partial charge on any atom is 0.268 e. The standard InChI is InChI=1S/C23H24BrCl2N3O2/c1-13-21(23(31)27-18-4-2-3-5-20(18)30)28-29(19-11-10-16(25)12-17(19)26)22(13)14-6-8-15(24)9-7-14/h6-13,18,20,22,30H,2-5H2,1H3,(H,27,31)/t13-,18-,20-,22+/m0/s1. The number of nitrogens with zero attached hydrogens (tertiary/aromatic N) is 2. The van der Waals surface area contributed by atoms with Crippen LogP contribution >= 0.6 is 39.1 Å². The summed E-state index contributed by atoms with van der Waals surface area (Å²) < 4.78 is 0.975. The first-order valence-electron chi connectivity index (χ1n) is 10.4. The highest BCUT2D eigenvalue weighted by molar-refractivity contribution is 9.10. The molecule has 2 N–H and O–H groups in total. The maximum absolute atomic E-state index is 13.2. The van der Waals surface area contributed by atoms with E-state index in [1.807, 2.05) is 37.3 Å². The van der Waals surface area contributed by atoms with Gasteiger partial charge >= 0.3 is 0 Å². The zero-order chi connectivity index (χ0) is 22.1. The summed E-state index contributed by atoms with van der Waals surface area (Å²) in [5, 5.41) is 20.8. The highest BCUT2D eigenvalue weighted by Crippen LogP contribution is 2.42. The van der Waals surface area contributed by atoms with E-state index in [4.69, 9.17) is 28.3 Å². The number of benzene rings is 2. The summed E-state index contributed by atoms with van der Waals surface area (Å²) in [5.74, 6) is -0.429. The van der Waals surface area contributed by atoms with E-state index < -0.39 is 6.10 Å². The molecule has 5 nitrogen and oxygen atoms in total. The number of hydrazone groups is 1. The number of anilines is 1. The van der Waals surface area contributed by atoms with Gasteiger partial charge in [0, 0.05) is 15.4 Å². The van der Waals surface area contributed by atoms with Crippen LogP contribution in [0, 0.1) is 5.92 Å². The number of rotatable bonds is 4. The molecule has 1 aliphatic carbocycles. The lowest BCUT2D eigenvalue weighted by Crippen LogP contribution is -2.48. The van der Waals surface area contributed by atoms with Gasteiger partial charge < -0.3 is 10.4 Å². The number of aliphatic hydroxyl groups is 1. The number of nitrogens with one attached hydrogen (secondary N) is 1. The second-order valence-electron chi connectivity index (χ2n) is 8.14. The summed E-state index contributed by atoms with van der Waals surface area (Å²) in [6.45, 7) is 1.99. The molecule has 31 heavy (non-hydrogen) atoms. The van der Waals surface area contributed by atoms with Crippen LogP contribution in [0.1, 0.15) is 44.2 Å². The molecule has 0 aromatic heterocycles. The van der Waals surface area contributed by atoms with Gasteiger partial charge in [0.05, 0.1) is 28.9 Å². The van der Waals surface area contributed by atoms with Crippen LogP contribution < -0.4 is 10.3 Å². The molecule has 1 heterocycles. The molecule has 8 heteroatoms. The van der Waals surface area contributed by atoms with Crippen LogP contribution in [-0.2, 0) is 4.79 Å². The Balaban J connectivity index is 1.68. The predicted molar refractivity (Wildman–Crippen MR) is 129 cm³/mol. The molecule has 0 saturated heterocycles. The minimum absolute atomic E-state index is 0.186. The molecule has 4 atom stereocenters. The quantitative estimate of drug-likeness (QED) is 0.536. The van der Waals surface area contributed by atoms with Gasteiger partial charge in [-0.25, -0.2) is 0 Å². The third kappa shape index (κ3) is 4.77. The fourth-order valence-corrected chi connectivity index (χ4v) is 5.12. The Morgan fingerprint density at radius 1 is 1.16 bits per heavy atom. The minimum Gasteiger partial charge on any atom is -0.391 e. The van der Waals surface area contributed by atoms with Crippen molar-refractivity contribution in [2.24, 2.45) is 11.0 Å². The monoisotopic (exact) mass is 523 g/mol. The van der Waals surface area contributed by atoms with Crippen LogP contribution in [0.5, 0.6) is 0 Å². The zero-order valence-electron chi connectivity index (χ0n) is 17.1. The molecule has 0 unspecified atom stereocenters. The lowest BCUT2D eigenvalue weighted by Gasteiger charge is -2.29. The molecule has 1 amide bonds. The Morgan fingerprint density at radius 2 is 1.87 bits per heavy atom. The van der Waals surface area contributed by atoms with Crippen molar-refractivity contribution in [1.82, 2.24) is 5.32 Å². The summed E-state index contributed by atoms with van der Waals surface area (Å²) in [5.41, 5.74) is 2.13. The molecule has 1 saturated carbocycles. The second kappa shape index (κ2) is 9.49. The summed E-state index contributed by atoms with van der Waals surface area (Å²) in [6.07, 6.45) is 2.95. The first kappa shape index (κ1) is 22.6. The SMILES string of the molecule is C[C@H]1C(C(=O)N[C@H]2CCCC[C@@H]2O)=NN(c2ccc(Cl)cc2Cl)[C@H]1c1ccc(Br)cc1. The van der Waals surface area contributed by atoms with E-state index in [-0.39, 0.29) is 23.9 Å². The third-order valence-electron chi connectivity index (χ3n) is 6.03. The van der Waals surface area contributed by atoms with Gasteiger partial charge in [-0.2, -0.15) is 5.10 Å². The fourth-order valence-electron chi connectivity index (χ4n) is 4.37. The normalized spacial score (nSPS) is 26.0. The van der Waals surface area contributed by atoms with Gasteiger partial charge in [0.1, 0.15) is 5.71 Å². The minimum atomic E-state index is -0.515. The molecule has 1 aliphatic heterocycles. The van der Waals surface area contributed by atoms with Crippen molar-refractivity contribution in [2.45, 2.75) is 50.8 Å². The highest BCUT2D eigenvalue weighted by atomic mass is 79.9. The lowest BCUT2D eigenvalue weighted by molar-refractivity contribution is -0.116. The first-order chi connectivity index (χ1) is 14.8. The fraction of sp³-hybridized carbons (Fsp3) is 0.391. The predicted octanol–water partition coefficient (Wildman–Crippen LogP) is 5.73. The first-order valence-corrected chi connectivity index (χ1v) is 12.0. The second-order valence-corrected chi connectivity index (χ2v) is 9.90. The molecule has 2 aromatic rings. The average molecular weight is 525 g/mol. The molecule has 0 radical (unpaired) electrons. The van der Waals surface area contributed by atoms with Crippen molar-refractivity contribution in [3.8, 4) is 0 Å². The molecule has 2 aromatic carbocycles. The third-order valence-corrected chi connectivity index (χ3v) is 7.10. The van der Waals surface area contributed by atoms with Crippen LogP contribution in [-0.4, -0.2) is 28.9 Å². The number of halogens is 3. The van der Waals surface area contributed by atoms with E-state index in [1.54, 1.807) is 17.1 Å².